The van der Waals surface area contributed by atoms with E-state index in [-0.39, 0.29) is 17.9 Å². The lowest BCUT2D eigenvalue weighted by molar-refractivity contribution is -0.132. The largest absolute Gasteiger partial charge is 0.342 e. The molecule has 19 heavy (non-hydrogen) atoms. The number of nitrogens with two attached hydrogens (primary N) is 1. The van der Waals surface area contributed by atoms with E-state index in [1.807, 2.05) is 4.90 Å². The molecule has 0 heterocycles. The normalized spacial score (nSPS) is 22.1. The fourth-order valence-corrected chi connectivity index (χ4v) is 2.22. The van der Waals surface area contributed by atoms with Crippen LogP contribution in [0.15, 0.2) is 0 Å². The monoisotopic (exact) mass is 270 g/mol. The summed E-state index contributed by atoms with van der Waals surface area (Å²) in [5, 5.41) is 0. The zero-order valence-electron chi connectivity index (χ0n) is 12.9. The molecule has 1 fully saturated rings. The Bertz CT molecular complexity index is 267. The van der Waals surface area contributed by atoms with Crippen LogP contribution in [0.4, 0.5) is 0 Å². The Hall–Kier alpha value is -0.650. The van der Waals surface area contributed by atoms with Crippen LogP contribution in [0.3, 0.4) is 0 Å². The van der Waals surface area contributed by atoms with Crippen molar-refractivity contribution in [1.82, 2.24) is 14.7 Å². The van der Waals surface area contributed by atoms with E-state index in [0.29, 0.717) is 0 Å². The van der Waals surface area contributed by atoms with Gasteiger partial charge in [0, 0.05) is 19.1 Å². The predicted octanol–water partition coefficient (Wildman–Crippen LogP) is 0.0656. The van der Waals surface area contributed by atoms with Crippen LogP contribution in [0.1, 0.15) is 19.3 Å². The van der Waals surface area contributed by atoms with Crippen molar-refractivity contribution in [2.75, 3.05) is 54.4 Å². The molecule has 5 nitrogen and oxygen atoms in total. The van der Waals surface area contributed by atoms with Gasteiger partial charge in [-0.25, -0.2) is 0 Å². The number of hydrogen-bond acceptors (Lipinski definition) is 4. The average molecular weight is 270 g/mol. The maximum atomic E-state index is 12.3. The number of carbonyl (C=O) groups is 1. The first-order valence-electron chi connectivity index (χ1n) is 7.25. The molecule has 0 spiro atoms. The standard InChI is InChI=1S/C14H30N4O/c1-16(2)7-5-9-18(10-6-8-17(3)4)14(19)12-11-13(12)15/h12-13H,5-11,15H2,1-4H3. The molecule has 1 saturated carbocycles. The smallest absolute Gasteiger partial charge is 0.227 e. The molecule has 0 aromatic heterocycles. The molecule has 1 aliphatic carbocycles. The minimum absolute atomic E-state index is 0.0960. The molecule has 1 aliphatic rings. The van der Waals surface area contributed by atoms with Gasteiger partial charge >= 0.3 is 0 Å². The molecule has 1 rings (SSSR count). The molecular weight excluding hydrogens is 240 g/mol. The van der Waals surface area contributed by atoms with Gasteiger partial charge in [0.2, 0.25) is 5.91 Å². The third kappa shape index (κ3) is 6.36. The van der Waals surface area contributed by atoms with E-state index in [2.05, 4.69) is 38.0 Å². The topological polar surface area (TPSA) is 52.8 Å². The Balaban J connectivity index is 2.35. The Morgan fingerprint density at radius 2 is 1.42 bits per heavy atom. The van der Waals surface area contributed by atoms with Gasteiger partial charge in [-0.1, -0.05) is 0 Å². The van der Waals surface area contributed by atoms with Crippen molar-refractivity contribution in [2.45, 2.75) is 25.3 Å². The molecule has 0 aromatic rings. The quantitative estimate of drug-likeness (QED) is 0.644. The van der Waals surface area contributed by atoms with Crippen molar-refractivity contribution in [3.05, 3.63) is 0 Å². The van der Waals surface area contributed by atoms with Crippen molar-refractivity contribution in [2.24, 2.45) is 11.7 Å². The van der Waals surface area contributed by atoms with Crippen LogP contribution >= 0.6 is 0 Å². The van der Waals surface area contributed by atoms with Crippen LogP contribution in [0.2, 0.25) is 0 Å². The molecule has 0 radical (unpaired) electrons. The van der Waals surface area contributed by atoms with Crippen LogP contribution in [-0.4, -0.2) is 81.0 Å². The summed E-state index contributed by atoms with van der Waals surface area (Å²) in [6, 6.07) is 0.109. The minimum Gasteiger partial charge on any atom is -0.342 e. The van der Waals surface area contributed by atoms with Crippen LogP contribution < -0.4 is 5.73 Å². The van der Waals surface area contributed by atoms with Crippen LogP contribution in [0.5, 0.6) is 0 Å². The van der Waals surface area contributed by atoms with E-state index >= 15 is 0 Å². The van der Waals surface area contributed by atoms with Gasteiger partial charge in [-0.15, -0.1) is 0 Å². The van der Waals surface area contributed by atoms with Gasteiger partial charge < -0.3 is 20.4 Å². The first-order valence-corrected chi connectivity index (χ1v) is 7.25. The van der Waals surface area contributed by atoms with Crippen molar-refractivity contribution in [1.29, 1.82) is 0 Å². The average Bonchev–Trinajstić information content (AvgIpc) is 3.02. The van der Waals surface area contributed by atoms with Gasteiger partial charge in [0.05, 0.1) is 5.92 Å². The lowest BCUT2D eigenvalue weighted by atomic mass is 10.2. The fourth-order valence-electron chi connectivity index (χ4n) is 2.22. The lowest BCUT2D eigenvalue weighted by Gasteiger charge is -2.24. The minimum atomic E-state index is 0.0960. The summed E-state index contributed by atoms with van der Waals surface area (Å²) in [6.45, 7) is 3.75. The van der Waals surface area contributed by atoms with E-state index in [0.717, 1.165) is 45.4 Å². The Labute approximate surface area is 117 Å². The molecule has 2 atom stereocenters. The molecule has 1 amide bonds. The van der Waals surface area contributed by atoms with Gasteiger partial charge in [0.15, 0.2) is 0 Å². The zero-order valence-corrected chi connectivity index (χ0v) is 12.9. The number of nitrogens with zero attached hydrogens (tertiary/aromatic N) is 3. The van der Waals surface area contributed by atoms with Crippen LogP contribution in [-0.2, 0) is 4.79 Å². The third-order valence-electron chi connectivity index (χ3n) is 3.54. The van der Waals surface area contributed by atoms with E-state index < -0.39 is 0 Å². The van der Waals surface area contributed by atoms with Gasteiger partial charge in [0.1, 0.15) is 0 Å². The number of hydrogen-bond donors (Lipinski definition) is 1. The van der Waals surface area contributed by atoms with Gasteiger partial charge in [0.25, 0.3) is 0 Å². The number of amides is 1. The third-order valence-corrected chi connectivity index (χ3v) is 3.54. The summed E-state index contributed by atoms with van der Waals surface area (Å²) >= 11 is 0. The van der Waals surface area contributed by atoms with E-state index in [9.17, 15) is 4.79 Å². The molecule has 0 aromatic carbocycles. The lowest BCUT2D eigenvalue weighted by Crippen LogP contribution is -2.37. The maximum absolute atomic E-state index is 12.3. The summed E-state index contributed by atoms with van der Waals surface area (Å²) in [6.07, 6.45) is 2.93. The second-order valence-corrected chi connectivity index (χ2v) is 6.14. The highest BCUT2D eigenvalue weighted by atomic mass is 16.2. The van der Waals surface area contributed by atoms with Crippen LogP contribution in [0.25, 0.3) is 0 Å². The predicted molar refractivity (Wildman–Crippen MR) is 79.0 cm³/mol. The molecule has 5 heteroatoms. The van der Waals surface area contributed by atoms with Crippen LogP contribution in [0, 0.1) is 5.92 Å². The van der Waals surface area contributed by atoms with Crippen molar-refractivity contribution in [3.63, 3.8) is 0 Å². The molecule has 0 saturated heterocycles. The summed E-state index contributed by atoms with van der Waals surface area (Å²) < 4.78 is 0. The molecular formula is C14H30N4O. The van der Waals surface area contributed by atoms with E-state index in [1.165, 1.54) is 0 Å². The van der Waals surface area contributed by atoms with Crippen molar-refractivity contribution >= 4 is 5.91 Å². The maximum Gasteiger partial charge on any atom is 0.227 e. The first kappa shape index (κ1) is 16.4. The highest BCUT2D eigenvalue weighted by molar-refractivity contribution is 5.82. The molecule has 2 N–H and O–H groups in total. The van der Waals surface area contributed by atoms with Gasteiger partial charge in [-0.3, -0.25) is 4.79 Å². The summed E-state index contributed by atoms with van der Waals surface area (Å²) in [4.78, 5) is 18.6. The SMILES string of the molecule is CN(C)CCCN(CCCN(C)C)C(=O)C1CC1N. The fraction of sp³-hybridized carbons (Fsp3) is 0.929. The van der Waals surface area contributed by atoms with E-state index in [1.54, 1.807) is 0 Å². The van der Waals surface area contributed by atoms with E-state index in [4.69, 9.17) is 5.73 Å². The number of rotatable bonds is 9. The highest BCUT2D eigenvalue weighted by Crippen LogP contribution is 2.30. The molecule has 0 bridgehead atoms. The number of carbonyl (C=O) groups excluding carboxylic acids is 1. The second kappa shape index (κ2) is 7.82. The van der Waals surface area contributed by atoms with Gasteiger partial charge in [-0.05, 0) is 60.5 Å². The summed E-state index contributed by atoms with van der Waals surface area (Å²) in [5.74, 6) is 0.365. The second-order valence-electron chi connectivity index (χ2n) is 6.14. The van der Waals surface area contributed by atoms with Gasteiger partial charge in [-0.2, -0.15) is 0 Å². The van der Waals surface area contributed by atoms with Crippen molar-refractivity contribution in [3.8, 4) is 0 Å². The first-order chi connectivity index (χ1) is 8.91. The highest BCUT2D eigenvalue weighted by Gasteiger charge is 2.41. The van der Waals surface area contributed by atoms with Crippen molar-refractivity contribution < 1.29 is 4.79 Å². The Morgan fingerprint density at radius 3 is 1.74 bits per heavy atom. The molecule has 112 valence electrons. The zero-order chi connectivity index (χ0) is 14.4. The molecule has 0 aliphatic heterocycles. The Kier molecular flexibility index (Phi) is 6.75. The summed E-state index contributed by atoms with van der Waals surface area (Å²) in [5.41, 5.74) is 5.80. The summed E-state index contributed by atoms with van der Waals surface area (Å²) in [7, 11) is 8.26. The Morgan fingerprint density at radius 1 is 1.00 bits per heavy atom. The molecule has 2 unspecified atom stereocenters.